The van der Waals surface area contributed by atoms with Gasteiger partial charge in [-0.15, -0.1) is 0 Å². The molecule has 1 atom stereocenters. The zero-order valence-corrected chi connectivity index (χ0v) is 13.4. The minimum Gasteiger partial charge on any atom is -0.497 e. The van der Waals surface area contributed by atoms with Gasteiger partial charge in [0.05, 0.1) is 13.2 Å². The van der Waals surface area contributed by atoms with Crippen LogP contribution in [0.4, 0.5) is 0 Å². The summed E-state index contributed by atoms with van der Waals surface area (Å²) >= 11 is 0. The van der Waals surface area contributed by atoms with Crippen LogP contribution in [0, 0.1) is 6.92 Å². The van der Waals surface area contributed by atoms with E-state index < -0.39 is 0 Å². The van der Waals surface area contributed by atoms with Crippen LogP contribution in [0.2, 0.25) is 0 Å². The van der Waals surface area contributed by atoms with Gasteiger partial charge in [0.1, 0.15) is 5.75 Å². The molecule has 0 bridgehead atoms. The van der Waals surface area contributed by atoms with Crippen LogP contribution in [0.1, 0.15) is 22.7 Å². The van der Waals surface area contributed by atoms with Gasteiger partial charge in [0, 0.05) is 26.2 Å². The Hall–Kier alpha value is -1.84. The maximum atomic E-state index is 5.36. The molecule has 3 heteroatoms. The quantitative estimate of drug-likeness (QED) is 0.938. The summed E-state index contributed by atoms with van der Waals surface area (Å²) in [7, 11) is 1.72. The number of methoxy groups -OCH3 is 1. The van der Waals surface area contributed by atoms with E-state index in [1.165, 1.54) is 16.7 Å². The smallest absolute Gasteiger partial charge is 0.119 e. The summed E-state index contributed by atoms with van der Waals surface area (Å²) in [5.41, 5.74) is 4.01. The summed E-state index contributed by atoms with van der Waals surface area (Å²) in [6, 6.07) is 17.5. The van der Waals surface area contributed by atoms with Crippen molar-refractivity contribution in [1.82, 2.24) is 10.2 Å². The Balaban J connectivity index is 2.01. The van der Waals surface area contributed by atoms with Crippen molar-refractivity contribution in [2.24, 2.45) is 0 Å². The van der Waals surface area contributed by atoms with Gasteiger partial charge < -0.3 is 10.1 Å². The molecule has 2 aromatic carbocycles. The molecule has 1 fully saturated rings. The van der Waals surface area contributed by atoms with Crippen molar-refractivity contribution >= 4 is 0 Å². The Kier molecular flexibility index (Phi) is 4.76. The molecule has 3 rings (SSSR count). The van der Waals surface area contributed by atoms with Gasteiger partial charge in [0.15, 0.2) is 0 Å². The number of piperazine rings is 1. The normalized spacial score (nSPS) is 17.2. The molecule has 1 saturated heterocycles. The third kappa shape index (κ3) is 3.16. The third-order valence-corrected chi connectivity index (χ3v) is 4.40. The van der Waals surface area contributed by atoms with Gasteiger partial charge in [0.2, 0.25) is 0 Å². The van der Waals surface area contributed by atoms with Crippen molar-refractivity contribution in [2.75, 3.05) is 33.3 Å². The second kappa shape index (κ2) is 6.95. The lowest BCUT2D eigenvalue weighted by Gasteiger charge is -2.36. The lowest BCUT2D eigenvalue weighted by Crippen LogP contribution is -2.45. The van der Waals surface area contributed by atoms with Crippen LogP contribution in [0.5, 0.6) is 5.75 Å². The van der Waals surface area contributed by atoms with Crippen LogP contribution < -0.4 is 10.1 Å². The van der Waals surface area contributed by atoms with Crippen LogP contribution in [0.25, 0.3) is 0 Å². The zero-order valence-electron chi connectivity index (χ0n) is 13.4. The molecule has 3 nitrogen and oxygen atoms in total. The highest BCUT2D eigenvalue weighted by Gasteiger charge is 2.25. The molecule has 1 heterocycles. The number of rotatable bonds is 4. The summed E-state index contributed by atoms with van der Waals surface area (Å²) < 4.78 is 5.36. The minimum absolute atomic E-state index is 0.314. The fourth-order valence-electron chi connectivity index (χ4n) is 3.24. The zero-order chi connectivity index (χ0) is 15.4. The highest BCUT2D eigenvalue weighted by atomic mass is 16.5. The van der Waals surface area contributed by atoms with Crippen LogP contribution in [-0.2, 0) is 0 Å². The molecule has 1 unspecified atom stereocenters. The number of aryl methyl sites for hydroxylation is 1. The Labute approximate surface area is 132 Å². The van der Waals surface area contributed by atoms with Crippen molar-refractivity contribution in [1.29, 1.82) is 0 Å². The van der Waals surface area contributed by atoms with E-state index in [0.29, 0.717) is 6.04 Å². The van der Waals surface area contributed by atoms with Gasteiger partial charge in [-0.3, -0.25) is 4.90 Å². The highest BCUT2D eigenvalue weighted by Crippen LogP contribution is 2.32. The van der Waals surface area contributed by atoms with Gasteiger partial charge >= 0.3 is 0 Å². The Morgan fingerprint density at radius 3 is 2.41 bits per heavy atom. The molecule has 0 spiro atoms. The van der Waals surface area contributed by atoms with Crippen LogP contribution in [-0.4, -0.2) is 38.2 Å². The predicted octanol–water partition coefficient (Wildman–Crippen LogP) is 3.00. The maximum absolute atomic E-state index is 5.36. The number of nitrogens with one attached hydrogen (secondary N) is 1. The summed E-state index contributed by atoms with van der Waals surface area (Å²) in [6.45, 7) is 6.43. The van der Waals surface area contributed by atoms with Gasteiger partial charge in [-0.2, -0.15) is 0 Å². The molecule has 1 aliphatic rings. The lowest BCUT2D eigenvalue weighted by atomic mass is 9.93. The summed E-state index contributed by atoms with van der Waals surface area (Å²) in [5.74, 6) is 0.924. The molecular formula is C19H24N2O. The molecule has 0 aromatic heterocycles. The Morgan fingerprint density at radius 2 is 1.77 bits per heavy atom. The van der Waals surface area contributed by atoms with Crippen molar-refractivity contribution < 1.29 is 4.74 Å². The molecule has 22 heavy (non-hydrogen) atoms. The second-order valence-corrected chi connectivity index (χ2v) is 5.82. The van der Waals surface area contributed by atoms with Crippen LogP contribution in [0.15, 0.2) is 48.5 Å². The first-order valence-electron chi connectivity index (χ1n) is 7.94. The minimum atomic E-state index is 0.314. The van der Waals surface area contributed by atoms with E-state index in [1.807, 2.05) is 0 Å². The Morgan fingerprint density at radius 1 is 1.05 bits per heavy atom. The van der Waals surface area contributed by atoms with E-state index in [1.54, 1.807) is 7.11 Å². The van der Waals surface area contributed by atoms with Crippen molar-refractivity contribution in [3.05, 3.63) is 65.2 Å². The molecule has 0 amide bonds. The average Bonchev–Trinajstić information content (AvgIpc) is 2.58. The largest absolute Gasteiger partial charge is 0.497 e. The van der Waals surface area contributed by atoms with E-state index in [0.717, 1.165) is 31.9 Å². The summed E-state index contributed by atoms with van der Waals surface area (Å²) in [5, 5.41) is 3.44. The molecule has 1 N–H and O–H groups in total. The van der Waals surface area contributed by atoms with E-state index in [-0.39, 0.29) is 0 Å². The number of benzene rings is 2. The third-order valence-electron chi connectivity index (χ3n) is 4.40. The first kappa shape index (κ1) is 15.1. The molecule has 0 saturated carbocycles. The van der Waals surface area contributed by atoms with Gasteiger partial charge in [-0.25, -0.2) is 0 Å². The predicted molar refractivity (Wildman–Crippen MR) is 90.5 cm³/mol. The molecule has 0 aliphatic carbocycles. The van der Waals surface area contributed by atoms with E-state index in [2.05, 4.69) is 65.7 Å². The monoisotopic (exact) mass is 296 g/mol. The summed E-state index contributed by atoms with van der Waals surface area (Å²) in [4.78, 5) is 2.57. The number of ether oxygens (including phenoxy) is 1. The fourth-order valence-corrected chi connectivity index (χ4v) is 3.24. The molecule has 116 valence electrons. The number of hydrogen-bond acceptors (Lipinski definition) is 3. The molecule has 1 aliphatic heterocycles. The van der Waals surface area contributed by atoms with E-state index in [9.17, 15) is 0 Å². The van der Waals surface area contributed by atoms with Crippen molar-refractivity contribution in [3.63, 3.8) is 0 Å². The lowest BCUT2D eigenvalue weighted by molar-refractivity contribution is 0.198. The number of nitrogens with zero attached hydrogens (tertiary/aromatic N) is 1. The fraction of sp³-hybridized carbons (Fsp3) is 0.368. The number of hydrogen-bond donors (Lipinski definition) is 1. The highest BCUT2D eigenvalue weighted by molar-refractivity contribution is 5.41. The molecule has 2 aromatic rings. The van der Waals surface area contributed by atoms with Crippen molar-refractivity contribution in [3.8, 4) is 5.75 Å². The van der Waals surface area contributed by atoms with Gasteiger partial charge in [-0.05, 0) is 35.7 Å². The maximum Gasteiger partial charge on any atom is 0.119 e. The first-order valence-corrected chi connectivity index (χ1v) is 7.94. The summed E-state index contributed by atoms with van der Waals surface area (Å²) in [6.07, 6.45) is 0. The molecular weight excluding hydrogens is 272 g/mol. The van der Waals surface area contributed by atoms with Crippen LogP contribution in [0.3, 0.4) is 0 Å². The van der Waals surface area contributed by atoms with Crippen molar-refractivity contribution in [2.45, 2.75) is 13.0 Å². The Bertz CT molecular complexity index is 606. The van der Waals surface area contributed by atoms with Gasteiger partial charge in [-0.1, -0.05) is 36.4 Å². The van der Waals surface area contributed by atoms with E-state index in [4.69, 9.17) is 4.74 Å². The standard InChI is InChI=1S/C19H24N2O/c1-15-14-17(22-2)8-9-18(15)19(16-6-4-3-5-7-16)21-12-10-20-11-13-21/h3-9,14,19-20H,10-13H2,1-2H3. The second-order valence-electron chi connectivity index (χ2n) is 5.82. The van der Waals surface area contributed by atoms with Crippen LogP contribution >= 0.6 is 0 Å². The molecule has 0 radical (unpaired) electrons. The average molecular weight is 296 g/mol. The van der Waals surface area contributed by atoms with E-state index >= 15 is 0 Å². The van der Waals surface area contributed by atoms with Gasteiger partial charge in [0.25, 0.3) is 0 Å². The topological polar surface area (TPSA) is 24.5 Å². The SMILES string of the molecule is COc1ccc(C(c2ccccc2)N2CCNCC2)c(C)c1. The first-order chi connectivity index (χ1) is 10.8.